The van der Waals surface area contributed by atoms with Gasteiger partial charge in [0.05, 0.1) is 30.5 Å². The Balaban J connectivity index is 1.61. The van der Waals surface area contributed by atoms with Crippen LogP contribution in [-0.4, -0.2) is 73.6 Å². The zero-order chi connectivity index (χ0) is 31.3. The van der Waals surface area contributed by atoms with Crippen molar-refractivity contribution < 1.29 is 36.6 Å². The quantitative estimate of drug-likeness (QED) is 0.350. The Labute approximate surface area is 249 Å². The molecule has 0 saturated carbocycles. The Morgan fingerprint density at radius 3 is 2.26 bits per heavy atom. The van der Waals surface area contributed by atoms with E-state index in [0.717, 1.165) is 16.4 Å². The summed E-state index contributed by atoms with van der Waals surface area (Å²) in [5.41, 5.74) is 1.18. The molecule has 0 radical (unpaired) electrons. The Kier molecular flexibility index (Phi) is 9.99. The third-order valence-electron chi connectivity index (χ3n) is 7.24. The van der Waals surface area contributed by atoms with Gasteiger partial charge in [-0.15, -0.1) is 0 Å². The fourth-order valence-electron chi connectivity index (χ4n) is 4.69. The largest absolute Gasteiger partial charge is 0.488 e. The molecule has 3 aromatic rings. The number of urea groups is 1. The molecule has 1 aliphatic rings. The lowest BCUT2D eigenvalue weighted by Gasteiger charge is -2.33. The first kappa shape index (κ1) is 31.9. The number of hydrogen-bond acceptors (Lipinski definition) is 6. The average molecular weight is 617 g/mol. The average Bonchev–Trinajstić information content (AvgIpc) is 3.01. The van der Waals surface area contributed by atoms with Crippen molar-refractivity contribution in [1.82, 2.24) is 9.21 Å². The number of halogens is 2. The van der Waals surface area contributed by atoms with E-state index in [4.69, 9.17) is 4.74 Å². The molecule has 43 heavy (non-hydrogen) atoms. The minimum Gasteiger partial charge on any atom is -0.488 e. The summed E-state index contributed by atoms with van der Waals surface area (Å²) in [6, 6.07) is 13.4. The second-order valence-electron chi connectivity index (χ2n) is 10.5. The number of carbonyl (C=O) groups excluding carboxylic acids is 2. The number of fused-ring (bicyclic) bond motifs is 1. The van der Waals surface area contributed by atoms with E-state index >= 15 is 0 Å². The lowest BCUT2D eigenvalue weighted by Crippen LogP contribution is -2.48. The zero-order valence-corrected chi connectivity index (χ0v) is 24.8. The van der Waals surface area contributed by atoms with Crippen molar-refractivity contribution in [3.8, 4) is 5.75 Å². The first-order chi connectivity index (χ1) is 20.4. The maximum atomic E-state index is 13.4. The van der Waals surface area contributed by atoms with Gasteiger partial charge in [0.1, 0.15) is 23.5 Å². The number of anilines is 2. The molecule has 3 aromatic carbocycles. The van der Waals surface area contributed by atoms with E-state index in [2.05, 4.69) is 10.6 Å². The predicted octanol–water partition coefficient (Wildman–Crippen LogP) is 4.08. The lowest BCUT2D eigenvalue weighted by molar-refractivity contribution is -0.134. The van der Waals surface area contributed by atoms with Crippen LogP contribution >= 0.6 is 0 Å². The molecule has 0 aromatic heterocycles. The van der Waals surface area contributed by atoms with Gasteiger partial charge in [0.25, 0.3) is 0 Å². The van der Waals surface area contributed by atoms with Gasteiger partial charge in [-0.05, 0) is 73.7 Å². The molecule has 0 fully saturated rings. The number of nitrogens with one attached hydrogen (secondary N) is 2. The lowest BCUT2D eigenvalue weighted by atomic mass is 10.0. The molecule has 3 atom stereocenters. The number of benzene rings is 3. The topological polar surface area (TPSA) is 128 Å². The minimum absolute atomic E-state index is 0.0761. The summed E-state index contributed by atoms with van der Waals surface area (Å²) in [7, 11) is -2.59. The summed E-state index contributed by atoms with van der Waals surface area (Å²) < 4.78 is 60.6. The van der Waals surface area contributed by atoms with Crippen LogP contribution in [0, 0.1) is 17.6 Å². The SMILES string of the molecule is C[C@@H]1CN([C@H](C)CO)C(=O)Cc2cc(NC(=O)Nc3ccc(F)cc3)ccc2O[C@@H]1CN(C)S(=O)(=O)c1ccc(F)cc1. The second-order valence-corrected chi connectivity index (χ2v) is 12.6. The van der Waals surface area contributed by atoms with E-state index in [0.29, 0.717) is 22.7 Å². The molecular weight excluding hydrogens is 582 g/mol. The highest BCUT2D eigenvalue weighted by Crippen LogP contribution is 2.30. The molecule has 1 heterocycles. The first-order valence-corrected chi connectivity index (χ1v) is 15.1. The zero-order valence-electron chi connectivity index (χ0n) is 24.0. The summed E-state index contributed by atoms with van der Waals surface area (Å²) in [5.74, 6) is -1.31. The van der Waals surface area contributed by atoms with E-state index in [-0.39, 0.29) is 42.8 Å². The monoisotopic (exact) mass is 616 g/mol. The number of ether oxygens (including phenoxy) is 1. The van der Waals surface area contributed by atoms with E-state index in [1.807, 2.05) is 6.92 Å². The summed E-state index contributed by atoms with van der Waals surface area (Å²) in [6.45, 7) is 3.36. The fourth-order valence-corrected chi connectivity index (χ4v) is 5.87. The fraction of sp³-hybridized carbons (Fsp3) is 0.333. The van der Waals surface area contributed by atoms with Gasteiger partial charge in [-0.2, -0.15) is 4.31 Å². The molecule has 0 spiro atoms. The highest BCUT2D eigenvalue weighted by molar-refractivity contribution is 7.89. The van der Waals surface area contributed by atoms with Crippen molar-refractivity contribution in [2.75, 3.05) is 37.4 Å². The van der Waals surface area contributed by atoms with Crippen LogP contribution in [0.1, 0.15) is 19.4 Å². The molecule has 4 rings (SSSR count). The van der Waals surface area contributed by atoms with Crippen molar-refractivity contribution in [3.05, 3.63) is 83.9 Å². The maximum absolute atomic E-state index is 13.4. The standard InChI is InChI=1S/C30H34F2N4O6S/c1-19-16-36(20(2)18-37)29(38)15-21-14-25(34-30(39)33-24-8-4-22(31)5-9-24)10-13-27(21)42-28(19)17-35(3)43(40,41)26-11-6-23(32)7-12-26/h4-14,19-20,28,37H,15-18H2,1-3H3,(H2,33,34,39)/t19-,20-,28-/m1/s1. The minimum atomic E-state index is -3.99. The summed E-state index contributed by atoms with van der Waals surface area (Å²) in [6.07, 6.45) is -0.823. The molecule has 13 heteroatoms. The van der Waals surface area contributed by atoms with Crippen molar-refractivity contribution in [1.29, 1.82) is 0 Å². The van der Waals surface area contributed by atoms with Crippen LogP contribution in [0.15, 0.2) is 71.6 Å². The summed E-state index contributed by atoms with van der Waals surface area (Å²) in [4.78, 5) is 27.5. The van der Waals surface area contributed by atoms with Crippen LogP contribution in [-0.2, 0) is 21.2 Å². The predicted molar refractivity (Wildman–Crippen MR) is 157 cm³/mol. The Hall–Kier alpha value is -4.07. The molecule has 0 bridgehead atoms. The third kappa shape index (κ3) is 7.86. The van der Waals surface area contributed by atoms with Gasteiger partial charge in [0.15, 0.2) is 0 Å². The molecule has 0 aliphatic carbocycles. The van der Waals surface area contributed by atoms with Crippen molar-refractivity contribution in [3.63, 3.8) is 0 Å². The smallest absolute Gasteiger partial charge is 0.323 e. The van der Waals surface area contributed by atoms with Gasteiger partial charge < -0.3 is 25.4 Å². The van der Waals surface area contributed by atoms with E-state index in [1.165, 1.54) is 48.3 Å². The van der Waals surface area contributed by atoms with Crippen LogP contribution < -0.4 is 15.4 Å². The van der Waals surface area contributed by atoms with Crippen LogP contribution in [0.3, 0.4) is 0 Å². The van der Waals surface area contributed by atoms with E-state index < -0.39 is 39.8 Å². The van der Waals surface area contributed by atoms with Crippen LogP contribution in [0.4, 0.5) is 25.0 Å². The number of carbonyl (C=O) groups is 2. The third-order valence-corrected chi connectivity index (χ3v) is 9.07. The molecular formula is C30H34F2N4O6S. The summed E-state index contributed by atoms with van der Waals surface area (Å²) >= 11 is 0. The summed E-state index contributed by atoms with van der Waals surface area (Å²) in [5, 5.41) is 15.1. The molecule has 230 valence electrons. The molecule has 3 amide bonds. The number of nitrogens with zero attached hydrogens (tertiary/aromatic N) is 2. The number of sulfonamides is 1. The van der Waals surface area contributed by atoms with Gasteiger partial charge in [-0.1, -0.05) is 6.92 Å². The van der Waals surface area contributed by atoms with Gasteiger partial charge in [-0.25, -0.2) is 22.0 Å². The number of rotatable bonds is 8. The Morgan fingerprint density at radius 2 is 1.63 bits per heavy atom. The normalized spacial score (nSPS) is 18.1. The molecule has 1 aliphatic heterocycles. The molecule has 3 N–H and O–H groups in total. The van der Waals surface area contributed by atoms with Gasteiger partial charge in [0, 0.05) is 36.4 Å². The highest BCUT2D eigenvalue weighted by atomic mass is 32.2. The maximum Gasteiger partial charge on any atom is 0.323 e. The second kappa shape index (κ2) is 13.5. The van der Waals surface area contributed by atoms with Crippen LogP contribution in [0.25, 0.3) is 0 Å². The Morgan fingerprint density at radius 1 is 1.05 bits per heavy atom. The molecule has 10 nitrogen and oxygen atoms in total. The number of aliphatic hydroxyl groups is 1. The molecule has 0 saturated heterocycles. The number of hydrogen-bond donors (Lipinski definition) is 3. The first-order valence-electron chi connectivity index (χ1n) is 13.6. The van der Waals surface area contributed by atoms with Gasteiger partial charge >= 0.3 is 6.03 Å². The molecule has 0 unspecified atom stereocenters. The van der Waals surface area contributed by atoms with Crippen molar-refractivity contribution >= 4 is 33.3 Å². The highest BCUT2D eigenvalue weighted by Gasteiger charge is 2.33. The number of amides is 3. The van der Waals surface area contributed by atoms with Gasteiger partial charge in [0.2, 0.25) is 15.9 Å². The number of likely N-dealkylation sites (N-methyl/N-ethyl adjacent to an activating group) is 1. The van der Waals surface area contributed by atoms with Crippen molar-refractivity contribution in [2.24, 2.45) is 5.92 Å². The van der Waals surface area contributed by atoms with Crippen LogP contribution in [0.2, 0.25) is 0 Å². The van der Waals surface area contributed by atoms with E-state index in [9.17, 15) is 31.9 Å². The van der Waals surface area contributed by atoms with E-state index in [1.54, 1.807) is 25.1 Å². The van der Waals surface area contributed by atoms with Gasteiger partial charge in [-0.3, -0.25) is 4.79 Å². The van der Waals surface area contributed by atoms with Crippen LogP contribution in [0.5, 0.6) is 5.75 Å². The number of aliphatic hydroxyl groups excluding tert-OH is 1. The Bertz CT molecular complexity index is 1550. The van der Waals surface area contributed by atoms with Crippen molar-refractivity contribution in [2.45, 2.75) is 37.3 Å².